The molecular weight excluding hydrogens is 305 g/mol. The number of nitrogens with zero attached hydrogens (tertiary/aromatic N) is 2. The van der Waals surface area contributed by atoms with E-state index in [1.165, 1.54) is 0 Å². The molecule has 1 aromatic heterocycles. The molecule has 0 aliphatic carbocycles. The van der Waals surface area contributed by atoms with Crippen molar-refractivity contribution in [2.75, 3.05) is 5.73 Å². The van der Waals surface area contributed by atoms with Crippen molar-refractivity contribution >= 4 is 29.0 Å². The Morgan fingerprint density at radius 3 is 2.38 bits per heavy atom. The zero-order valence-corrected chi connectivity index (χ0v) is 12.9. The maximum absolute atomic E-state index is 6.16. The first-order valence-corrected chi connectivity index (χ1v) is 7.18. The number of halogens is 2. The predicted molar refractivity (Wildman–Crippen MR) is 88.2 cm³/mol. The standard InChI is InChI=1S/C16H13Cl2N3/c1-10-2-7-13(8-14(10)18)21-16(19)9-15(20-21)11-3-5-12(17)6-4-11/h2-9H,19H2,1H3. The van der Waals surface area contributed by atoms with Crippen LogP contribution in [0.15, 0.2) is 48.5 Å². The molecule has 3 aromatic rings. The molecule has 0 saturated heterocycles. The van der Waals surface area contributed by atoms with Crippen LogP contribution in [-0.2, 0) is 0 Å². The summed E-state index contributed by atoms with van der Waals surface area (Å²) < 4.78 is 1.68. The molecular formula is C16H13Cl2N3. The quantitative estimate of drug-likeness (QED) is 0.742. The third kappa shape index (κ3) is 2.75. The van der Waals surface area contributed by atoms with E-state index < -0.39 is 0 Å². The number of nitrogen functional groups attached to an aromatic ring is 1. The van der Waals surface area contributed by atoms with Gasteiger partial charge in [-0.05, 0) is 36.8 Å². The molecule has 0 saturated carbocycles. The molecule has 2 N–H and O–H groups in total. The number of rotatable bonds is 2. The smallest absolute Gasteiger partial charge is 0.127 e. The van der Waals surface area contributed by atoms with Crippen LogP contribution < -0.4 is 5.73 Å². The lowest BCUT2D eigenvalue weighted by atomic mass is 10.1. The van der Waals surface area contributed by atoms with Gasteiger partial charge in [0.2, 0.25) is 0 Å². The van der Waals surface area contributed by atoms with Gasteiger partial charge in [0.1, 0.15) is 5.82 Å². The number of anilines is 1. The molecule has 21 heavy (non-hydrogen) atoms. The van der Waals surface area contributed by atoms with Crippen molar-refractivity contribution in [1.29, 1.82) is 0 Å². The lowest BCUT2D eigenvalue weighted by Crippen LogP contribution is -2.01. The van der Waals surface area contributed by atoms with Gasteiger partial charge in [-0.3, -0.25) is 0 Å². The maximum Gasteiger partial charge on any atom is 0.127 e. The number of aryl methyl sites for hydroxylation is 1. The largest absolute Gasteiger partial charge is 0.384 e. The summed E-state index contributed by atoms with van der Waals surface area (Å²) in [5.74, 6) is 0.555. The van der Waals surface area contributed by atoms with Crippen LogP contribution >= 0.6 is 23.2 Å². The fourth-order valence-electron chi connectivity index (χ4n) is 2.08. The van der Waals surface area contributed by atoms with Crippen molar-refractivity contribution in [2.45, 2.75) is 6.92 Å². The second-order valence-corrected chi connectivity index (χ2v) is 5.65. The Morgan fingerprint density at radius 1 is 1.00 bits per heavy atom. The third-order valence-corrected chi connectivity index (χ3v) is 3.94. The summed E-state index contributed by atoms with van der Waals surface area (Å²) in [5.41, 5.74) is 9.67. The van der Waals surface area contributed by atoms with Gasteiger partial charge in [0, 0.05) is 21.7 Å². The molecule has 0 bridgehead atoms. The third-order valence-electron chi connectivity index (χ3n) is 3.28. The van der Waals surface area contributed by atoms with Crippen molar-refractivity contribution in [3.05, 3.63) is 64.1 Å². The number of hydrogen-bond donors (Lipinski definition) is 1. The van der Waals surface area contributed by atoms with Crippen LogP contribution in [0.4, 0.5) is 5.82 Å². The summed E-state index contributed by atoms with van der Waals surface area (Å²) in [6.45, 7) is 1.96. The SMILES string of the molecule is Cc1ccc(-n2nc(-c3ccc(Cl)cc3)cc2N)cc1Cl. The van der Waals surface area contributed by atoms with E-state index in [0.717, 1.165) is 22.5 Å². The molecule has 3 nitrogen and oxygen atoms in total. The Labute approximate surface area is 132 Å². The summed E-state index contributed by atoms with van der Waals surface area (Å²) in [6.07, 6.45) is 0. The van der Waals surface area contributed by atoms with E-state index in [1.807, 2.05) is 55.5 Å². The van der Waals surface area contributed by atoms with Gasteiger partial charge in [-0.1, -0.05) is 41.4 Å². The predicted octanol–water partition coefficient (Wildman–Crippen LogP) is 4.74. The first kappa shape index (κ1) is 14.0. The molecule has 0 radical (unpaired) electrons. The highest BCUT2D eigenvalue weighted by Crippen LogP contribution is 2.26. The average molecular weight is 318 g/mol. The zero-order valence-electron chi connectivity index (χ0n) is 11.3. The van der Waals surface area contributed by atoms with Crippen LogP contribution in [-0.4, -0.2) is 9.78 Å². The van der Waals surface area contributed by atoms with Gasteiger partial charge in [0.15, 0.2) is 0 Å². The molecule has 1 heterocycles. The number of hydrogen-bond acceptors (Lipinski definition) is 2. The minimum absolute atomic E-state index is 0.555. The van der Waals surface area contributed by atoms with E-state index in [9.17, 15) is 0 Å². The van der Waals surface area contributed by atoms with Gasteiger partial charge in [0.05, 0.1) is 11.4 Å². The molecule has 106 valence electrons. The van der Waals surface area contributed by atoms with Crippen molar-refractivity contribution in [3.8, 4) is 16.9 Å². The number of aromatic nitrogens is 2. The fourth-order valence-corrected chi connectivity index (χ4v) is 2.38. The normalized spacial score (nSPS) is 10.8. The molecule has 3 rings (SSSR count). The Kier molecular flexibility index (Phi) is 3.62. The summed E-state index contributed by atoms with van der Waals surface area (Å²) in [4.78, 5) is 0. The lowest BCUT2D eigenvalue weighted by molar-refractivity contribution is 0.894. The van der Waals surface area contributed by atoms with Gasteiger partial charge in [-0.15, -0.1) is 0 Å². The Balaban J connectivity index is 2.05. The van der Waals surface area contributed by atoms with E-state index in [4.69, 9.17) is 28.9 Å². The van der Waals surface area contributed by atoms with Crippen LogP contribution in [0.25, 0.3) is 16.9 Å². The van der Waals surface area contributed by atoms with Crippen LogP contribution in [0.5, 0.6) is 0 Å². The van der Waals surface area contributed by atoms with E-state index in [1.54, 1.807) is 4.68 Å². The summed E-state index contributed by atoms with van der Waals surface area (Å²) in [5, 5.41) is 5.92. The Morgan fingerprint density at radius 2 is 1.71 bits per heavy atom. The van der Waals surface area contributed by atoms with Crippen molar-refractivity contribution < 1.29 is 0 Å². The summed E-state index contributed by atoms with van der Waals surface area (Å²) in [7, 11) is 0. The van der Waals surface area contributed by atoms with Gasteiger partial charge < -0.3 is 5.73 Å². The van der Waals surface area contributed by atoms with E-state index in [2.05, 4.69) is 5.10 Å². The summed E-state index contributed by atoms with van der Waals surface area (Å²) in [6, 6.07) is 15.1. The van der Waals surface area contributed by atoms with Crippen LogP contribution in [0.2, 0.25) is 10.0 Å². The molecule has 0 unspecified atom stereocenters. The topological polar surface area (TPSA) is 43.8 Å². The van der Waals surface area contributed by atoms with Crippen molar-refractivity contribution in [1.82, 2.24) is 9.78 Å². The molecule has 0 fully saturated rings. The lowest BCUT2D eigenvalue weighted by Gasteiger charge is -2.06. The van der Waals surface area contributed by atoms with Gasteiger partial charge in [-0.25, -0.2) is 4.68 Å². The first-order chi connectivity index (χ1) is 10.0. The van der Waals surface area contributed by atoms with Crippen molar-refractivity contribution in [3.63, 3.8) is 0 Å². The van der Waals surface area contributed by atoms with Gasteiger partial charge >= 0.3 is 0 Å². The van der Waals surface area contributed by atoms with E-state index in [0.29, 0.717) is 15.9 Å². The number of nitrogens with two attached hydrogens (primary N) is 1. The Hall–Kier alpha value is -1.97. The molecule has 2 aromatic carbocycles. The van der Waals surface area contributed by atoms with Crippen molar-refractivity contribution in [2.24, 2.45) is 0 Å². The first-order valence-electron chi connectivity index (χ1n) is 6.42. The van der Waals surface area contributed by atoms with Crippen LogP contribution in [0.3, 0.4) is 0 Å². The maximum atomic E-state index is 6.16. The average Bonchev–Trinajstić information content (AvgIpc) is 2.85. The van der Waals surface area contributed by atoms with Crippen LogP contribution in [0.1, 0.15) is 5.56 Å². The molecule has 0 aliphatic heterocycles. The highest BCUT2D eigenvalue weighted by molar-refractivity contribution is 6.31. The Bertz CT molecular complexity index is 792. The monoisotopic (exact) mass is 317 g/mol. The molecule has 0 amide bonds. The zero-order chi connectivity index (χ0) is 15.0. The van der Waals surface area contributed by atoms with Crippen LogP contribution in [0, 0.1) is 6.92 Å². The molecule has 0 aliphatic rings. The second-order valence-electron chi connectivity index (χ2n) is 4.81. The highest BCUT2D eigenvalue weighted by Gasteiger charge is 2.09. The molecule has 0 spiro atoms. The fraction of sp³-hybridized carbons (Fsp3) is 0.0625. The summed E-state index contributed by atoms with van der Waals surface area (Å²) >= 11 is 12.1. The van der Waals surface area contributed by atoms with Gasteiger partial charge in [0.25, 0.3) is 0 Å². The molecule has 0 atom stereocenters. The van der Waals surface area contributed by atoms with E-state index >= 15 is 0 Å². The number of benzene rings is 2. The highest BCUT2D eigenvalue weighted by atomic mass is 35.5. The van der Waals surface area contributed by atoms with Gasteiger partial charge in [-0.2, -0.15) is 5.10 Å². The molecule has 5 heteroatoms. The minimum atomic E-state index is 0.555. The van der Waals surface area contributed by atoms with E-state index in [-0.39, 0.29) is 0 Å². The minimum Gasteiger partial charge on any atom is -0.384 e. The second kappa shape index (κ2) is 5.43.